The van der Waals surface area contributed by atoms with Gasteiger partial charge in [0, 0.05) is 37.2 Å². The molecule has 4 rings (SSSR count). The minimum atomic E-state index is -0.220. The van der Waals surface area contributed by atoms with Gasteiger partial charge in [0.25, 0.3) is 11.5 Å². The number of carbonyl (C=O) groups excluding carboxylic acids is 1. The summed E-state index contributed by atoms with van der Waals surface area (Å²) in [6.07, 6.45) is 1.63. The van der Waals surface area contributed by atoms with Gasteiger partial charge in [0.05, 0.1) is 22.5 Å². The second kappa shape index (κ2) is 9.91. The zero-order valence-corrected chi connectivity index (χ0v) is 18.5. The van der Waals surface area contributed by atoms with Crippen LogP contribution in [0.1, 0.15) is 15.9 Å². The molecule has 0 unspecified atom stereocenters. The van der Waals surface area contributed by atoms with Crippen LogP contribution in [0.5, 0.6) is 0 Å². The summed E-state index contributed by atoms with van der Waals surface area (Å²) >= 11 is 3.38. The molecule has 8 heteroatoms. The van der Waals surface area contributed by atoms with E-state index < -0.39 is 0 Å². The number of methoxy groups -OCH3 is 1. The van der Waals surface area contributed by atoms with Gasteiger partial charge >= 0.3 is 0 Å². The lowest BCUT2D eigenvalue weighted by Crippen LogP contribution is -2.22. The second-order valence-corrected chi connectivity index (χ2v) is 9.08. The van der Waals surface area contributed by atoms with Crippen molar-refractivity contribution in [3.8, 4) is 0 Å². The van der Waals surface area contributed by atoms with Crippen molar-refractivity contribution in [3.05, 3.63) is 88.3 Å². The van der Waals surface area contributed by atoms with Crippen molar-refractivity contribution in [1.82, 2.24) is 9.55 Å². The van der Waals surface area contributed by atoms with Gasteiger partial charge < -0.3 is 14.6 Å². The van der Waals surface area contributed by atoms with Gasteiger partial charge in [-0.2, -0.15) is 0 Å². The van der Waals surface area contributed by atoms with Crippen molar-refractivity contribution < 1.29 is 9.53 Å². The van der Waals surface area contributed by atoms with Crippen molar-refractivity contribution in [2.45, 2.75) is 16.6 Å². The van der Waals surface area contributed by atoms with Crippen LogP contribution in [0.3, 0.4) is 0 Å². The third-order valence-electron chi connectivity index (χ3n) is 4.63. The number of amides is 1. The summed E-state index contributed by atoms with van der Waals surface area (Å²) < 4.78 is 8.75. The maximum Gasteiger partial charge on any atom is 0.255 e. The van der Waals surface area contributed by atoms with Crippen molar-refractivity contribution in [3.63, 3.8) is 0 Å². The molecule has 6 nitrogen and oxygen atoms in total. The Balaban J connectivity index is 1.37. The molecule has 0 fully saturated rings. The number of nitrogens with one attached hydrogen (secondary N) is 1. The first-order valence-corrected chi connectivity index (χ1v) is 11.5. The monoisotopic (exact) mass is 451 g/mol. The average Bonchev–Trinajstić information content (AvgIpc) is 3.21. The predicted molar refractivity (Wildman–Crippen MR) is 126 cm³/mol. The van der Waals surface area contributed by atoms with E-state index >= 15 is 0 Å². The van der Waals surface area contributed by atoms with Gasteiger partial charge in [0.15, 0.2) is 4.34 Å². The molecule has 2 heterocycles. The number of nitrogens with zero attached hydrogens (tertiary/aromatic N) is 2. The van der Waals surface area contributed by atoms with Crippen LogP contribution >= 0.6 is 23.1 Å². The molecule has 0 aliphatic heterocycles. The minimum Gasteiger partial charge on any atom is -0.383 e. The fourth-order valence-corrected chi connectivity index (χ4v) is 5.01. The Labute approximate surface area is 187 Å². The highest BCUT2D eigenvalue weighted by molar-refractivity contribution is 8.00. The van der Waals surface area contributed by atoms with E-state index in [-0.39, 0.29) is 11.5 Å². The number of hydrogen-bond donors (Lipinski definition) is 1. The number of fused-ring (bicyclic) bond motifs is 1. The van der Waals surface area contributed by atoms with E-state index in [1.165, 1.54) is 15.3 Å². The molecular weight excluding hydrogens is 430 g/mol. The smallest absolute Gasteiger partial charge is 0.255 e. The first-order valence-electron chi connectivity index (χ1n) is 9.70. The number of pyridine rings is 1. The summed E-state index contributed by atoms with van der Waals surface area (Å²) in [6, 6.07) is 18.7. The van der Waals surface area contributed by atoms with Crippen LogP contribution in [0.25, 0.3) is 10.2 Å². The standard InChI is InChI=1S/C23H21N3O3S2/c1-29-13-12-26-14-18(10-11-21(26)27)24-22(28)17-8-6-16(7-9-17)15-30-23-25-19-4-2-3-5-20(19)31-23/h2-11,14H,12-13,15H2,1H3,(H,24,28). The van der Waals surface area contributed by atoms with Gasteiger partial charge in [-0.3, -0.25) is 9.59 Å². The first kappa shape index (κ1) is 21.3. The number of benzene rings is 2. The molecule has 0 aliphatic rings. The topological polar surface area (TPSA) is 73.2 Å². The van der Waals surface area contributed by atoms with Gasteiger partial charge in [0.1, 0.15) is 0 Å². The van der Waals surface area contributed by atoms with E-state index in [9.17, 15) is 9.59 Å². The lowest BCUT2D eigenvalue weighted by molar-refractivity contribution is 0.102. The highest BCUT2D eigenvalue weighted by Crippen LogP contribution is 2.31. The van der Waals surface area contributed by atoms with Crippen LogP contribution in [-0.4, -0.2) is 29.2 Å². The molecular formula is C23H21N3O3S2. The Kier molecular flexibility index (Phi) is 6.81. The number of carbonyl (C=O) groups is 1. The third kappa shape index (κ3) is 5.41. The molecule has 1 N–H and O–H groups in total. The molecule has 0 spiro atoms. The molecule has 2 aromatic heterocycles. The largest absolute Gasteiger partial charge is 0.383 e. The molecule has 0 saturated carbocycles. The Morgan fingerprint density at radius 1 is 1.13 bits per heavy atom. The summed E-state index contributed by atoms with van der Waals surface area (Å²) in [5.41, 5.74) is 3.13. The predicted octanol–water partition coefficient (Wildman–Crippen LogP) is 4.65. The van der Waals surface area contributed by atoms with Crippen LogP contribution < -0.4 is 10.9 Å². The van der Waals surface area contributed by atoms with Gasteiger partial charge in [-0.05, 0) is 35.9 Å². The summed E-state index contributed by atoms with van der Waals surface area (Å²) in [5, 5.41) is 2.84. The zero-order chi connectivity index (χ0) is 21.6. The molecule has 4 aromatic rings. The number of thioether (sulfide) groups is 1. The Morgan fingerprint density at radius 3 is 2.71 bits per heavy atom. The van der Waals surface area contributed by atoms with E-state index in [4.69, 9.17) is 4.74 Å². The zero-order valence-electron chi connectivity index (χ0n) is 16.9. The SMILES string of the molecule is COCCn1cc(NC(=O)c2ccc(CSc3nc4ccccc4s3)cc2)ccc1=O. The van der Waals surface area contributed by atoms with Crippen molar-refractivity contribution >= 4 is 44.9 Å². The van der Waals surface area contributed by atoms with Gasteiger partial charge in [0.2, 0.25) is 0 Å². The van der Waals surface area contributed by atoms with Crippen molar-refractivity contribution in [2.75, 3.05) is 19.0 Å². The number of ether oxygens (including phenoxy) is 1. The Bertz CT molecular complexity index is 1220. The number of thiazole rings is 1. The molecule has 1 amide bonds. The highest BCUT2D eigenvalue weighted by Gasteiger charge is 2.09. The molecule has 0 aliphatic carbocycles. The van der Waals surface area contributed by atoms with Crippen LogP contribution in [-0.2, 0) is 17.0 Å². The fourth-order valence-electron chi connectivity index (χ4n) is 2.98. The Morgan fingerprint density at radius 2 is 1.94 bits per heavy atom. The van der Waals surface area contributed by atoms with E-state index in [0.717, 1.165) is 21.2 Å². The van der Waals surface area contributed by atoms with Crippen molar-refractivity contribution in [2.24, 2.45) is 0 Å². The summed E-state index contributed by atoms with van der Waals surface area (Å²) in [6.45, 7) is 0.855. The van der Waals surface area contributed by atoms with Gasteiger partial charge in [-0.15, -0.1) is 11.3 Å². The molecule has 2 aromatic carbocycles. The van der Waals surface area contributed by atoms with E-state index in [0.29, 0.717) is 24.4 Å². The quantitative estimate of drug-likeness (QED) is 0.395. The molecule has 158 valence electrons. The summed E-state index contributed by atoms with van der Waals surface area (Å²) in [4.78, 5) is 29.1. The molecule has 31 heavy (non-hydrogen) atoms. The summed E-state index contributed by atoms with van der Waals surface area (Å²) in [5.74, 6) is 0.564. The maximum absolute atomic E-state index is 12.6. The fraction of sp³-hybridized carbons (Fsp3) is 0.174. The van der Waals surface area contributed by atoms with Gasteiger partial charge in [-0.25, -0.2) is 4.98 Å². The third-order valence-corrected chi connectivity index (χ3v) is 6.88. The summed E-state index contributed by atoms with van der Waals surface area (Å²) in [7, 11) is 1.58. The number of anilines is 1. The van der Waals surface area contributed by atoms with Crippen molar-refractivity contribution in [1.29, 1.82) is 0 Å². The number of para-hydroxylation sites is 1. The normalized spacial score (nSPS) is 11.0. The van der Waals surface area contributed by atoms with Crippen LogP contribution in [0.2, 0.25) is 0 Å². The van der Waals surface area contributed by atoms with E-state index in [1.807, 2.05) is 42.5 Å². The molecule has 0 atom stereocenters. The van der Waals surface area contributed by atoms with E-state index in [2.05, 4.69) is 16.4 Å². The lowest BCUT2D eigenvalue weighted by atomic mass is 10.1. The number of aromatic nitrogens is 2. The minimum absolute atomic E-state index is 0.134. The number of hydrogen-bond acceptors (Lipinski definition) is 6. The number of rotatable bonds is 8. The van der Waals surface area contributed by atoms with Crippen LogP contribution in [0.4, 0.5) is 5.69 Å². The van der Waals surface area contributed by atoms with Crippen LogP contribution in [0, 0.1) is 0 Å². The Hall–Kier alpha value is -2.94. The maximum atomic E-state index is 12.6. The van der Waals surface area contributed by atoms with Crippen LogP contribution in [0.15, 0.2) is 76.0 Å². The van der Waals surface area contributed by atoms with E-state index in [1.54, 1.807) is 42.5 Å². The second-order valence-electron chi connectivity index (χ2n) is 6.83. The lowest BCUT2D eigenvalue weighted by Gasteiger charge is -2.09. The molecule has 0 radical (unpaired) electrons. The molecule has 0 saturated heterocycles. The molecule has 0 bridgehead atoms. The first-order chi connectivity index (χ1) is 15.1. The average molecular weight is 452 g/mol. The highest BCUT2D eigenvalue weighted by atomic mass is 32.2. The van der Waals surface area contributed by atoms with Gasteiger partial charge in [-0.1, -0.05) is 36.0 Å².